The molecule has 1 unspecified atom stereocenters. The Balaban J connectivity index is 3.46. The molecule has 4 N–H and O–H groups in total. The lowest BCUT2D eigenvalue weighted by molar-refractivity contribution is 0.0971. The summed E-state index contributed by atoms with van der Waals surface area (Å²) in [4.78, 5) is 15.2. The van der Waals surface area contributed by atoms with Gasteiger partial charge < -0.3 is 16.2 Å². The molecule has 1 aromatic carbocycles. The minimum absolute atomic E-state index is 0.0350. The number of nitrogens with two attached hydrogens (primary N) is 2. The van der Waals surface area contributed by atoms with E-state index in [0.717, 1.165) is 6.26 Å². The van der Waals surface area contributed by atoms with E-state index in [9.17, 15) is 13.2 Å². The van der Waals surface area contributed by atoms with Gasteiger partial charge in [0.05, 0.1) is 11.0 Å². The third-order valence-corrected chi connectivity index (χ3v) is 4.05. The predicted molar refractivity (Wildman–Crippen MR) is 79.7 cm³/mol. The van der Waals surface area contributed by atoms with E-state index in [4.69, 9.17) is 16.2 Å². The van der Waals surface area contributed by atoms with E-state index in [2.05, 4.69) is 4.99 Å². The van der Waals surface area contributed by atoms with E-state index in [1.54, 1.807) is 6.07 Å². The van der Waals surface area contributed by atoms with Crippen molar-refractivity contribution in [3.05, 3.63) is 29.3 Å². The number of amides is 1. The molecule has 116 valence electrons. The van der Waals surface area contributed by atoms with E-state index in [0.29, 0.717) is 12.0 Å². The maximum absolute atomic E-state index is 11.9. The maximum Gasteiger partial charge on any atom is 0.280 e. The highest BCUT2D eigenvalue weighted by atomic mass is 32.2. The molecule has 0 saturated carbocycles. The molecule has 7 nitrogen and oxygen atoms in total. The molecular formula is C13H19N3O4S. The molecule has 0 aromatic heterocycles. The predicted octanol–water partition coefficient (Wildman–Crippen LogP) is 0.601. The first-order valence-corrected chi connectivity index (χ1v) is 8.10. The molecule has 0 aliphatic heterocycles. The summed E-state index contributed by atoms with van der Waals surface area (Å²) in [6.45, 7) is 1.87. The van der Waals surface area contributed by atoms with Crippen LogP contribution in [0.5, 0.6) is 0 Å². The molecule has 0 aliphatic carbocycles. The Morgan fingerprint density at radius 2 is 2.00 bits per heavy atom. The van der Waals surface area contributed by atoms with Gasteiger partial charge in [0.15, 0.2) is 15.8 Å². The lowest BCUT2D eigenvalue weighted by Gasteiger charge is -2.17. The smallest absolute Gasteiger partial charge is 0.280 e. The summed E-state index contributed by atoms with van der Waals surface area (Å²) < 4.78 is 29.1. The molecule has 0 aliphatic rings. The number of carbonyl (C=O) groups excluding carboxylic acids is 1. The van der Waals surface area contributed by atoms with E-state index >= 15 is 0 Å². The van der Waals surface area contributed by atoms with Crippen molar-refractivity contribution in [1.82, 2.24) is 0 Å². The van der Waals surface area contributed by atoms with Crippen molar-refractivity contribution >= 4 is 21.7 Å². The van der Waals surface area contributed by atoms with Crippen molar-refractivity contribution in [2.24, 2.45) is 16.5 Å². The van der Waals surface area contributed by atoms with Gasteiger partial charge in [-0.2, -0.15) is 4.99 Å². The van der Waals surface area contributed by atoms with Gasteiger partial charge in [-0.05, 0) is 24.1 Å². The summed E-state index contributed by atoms with van der Waals surface area (Å²) in [7, 11) is -2.03. The summed E-state index contributed by atoms with van der Waals surface area (Å²) in [5.41, 5.74) is 10.9. The van der Waals surface area contributed by atoms with Crippen LogP contribution in [0.15, 0.2) is 28.1 Å². The lowest BCUT2D eigenvalue weighted by atomic mass is 10.0. The van der Waals surface area contributed by atoms with Gasteiger partial charge in [0, 0.05) is 18.9 Å². The van der Waals surface area contributed by atoms with Crippen LogP contribution in [-0.2, 0) is 14.6 Å². The third kappa shape index (κ3) is 4.27. The van der Waals surface area contributed by atoms with Gasteiger partial charge in [0.2, 0.25) is 0 Å². The fourth-order valence-electron chi connectivity index (χ4n) is 1.95. The van der Waals surface area contributed by atoms with Crippen molar-refractivity contribution in [3.8, 4) is 0 Å². The number of guanidine groups is 1. The SMILES string of the molecule is CCC(OC)c1ccc(C(=O)N=C(N)N)cc1S(C)(=O)=O. The van der Waals surface area contributed by atoms with Crippen molar-refractivity contribution in [1.29, 1.82) is 0 Å². The molecule has 8 heteroatoms. The lowest BCUT2D eigenvalue weighted by Crippen LogP contribution is -2.24. The summed E-state index contributed by atoms with van der Waals surface area (Å²) >= 11 is 0. The highest BCUT2D eigenvalue weighted by Gasteiger charge is 2.21. The van der Waals surface area contributed by atoms with Gasteiger partial charge in [0.25, 0.3) is 5.91 Å². The molecule has 0 fully saturated rings. The van der Waals surface area contributed by atoms with Crippen molar-refractivity contribution in [2.45, 2.75) is 24.3 Å². The molecule has 1 atom stereocenters. The Morgan fingerprint density at radius 3 is 2.43 bits per heavy atom. The summed E-state index contributed by atoms with van der Waals surface area (Å²) in [5, 5.41) is 0. The molecule has 0 spiro atoms. The van der Waals surface area contributed by atoms with Gasteiger partial charge in [-0.25, -0.2) is 8.42 Å². The van der Waals surface area contributed by atoms with Crippen molar-refractivity contribution in [2.75, 3.05) is 13.4 Å². The summed E-state index contributed by atoms with van der Waals surface area (Å²) in [5.74, 6) is -1.08. The van der Waals surface area contributed by atoms with Crippen LogP contribution in [0.3, 0.4) is 0 Å². The van der Waals surface area contributed by atoms with E-state index < -0.39 is 15.7 Å². The van der Waals surface area contributed by atoms with Crippen LogP contribution in [-0.4, -0.2) is 33.7 Å². The highest BCUT2D eigenvalue weighted by molar-refractivity contribution is 7.90. The van der Waals surface area contributed by atoms with Crippen molar-refractivity contribution < 1.29 is 17.9 Å². The monoisotopic (exact) mass is 313 g/mol. The summed E-state index contributed by atoms with van der Waals surface area (Å²) in [6.07, 6.45) is 1.30. The zero-order valence-corrected chi connectivity index (χ0v) is 13.0. The van der Waals surface area contributed by atoms with Crippen LogP contribution in [0.2, 0.25) is 0 Å². The number of benzene rings is 1. The molecular weight excluding hydrogens is 294 g/mol. The second-order valence-electron chi connectivity index (χ2n) is 4.50. The zero-order valence-electron chi connectivity index (χ0n) is 12.2. The molecule has 0 saturated heterocycles. The number of hydrogen-bond acceptors (Lipinski definition) is 4. The zero-order chi connectivity index (χ0) is 16.2. The Morgan fingerprint density at radius 1 is 1.38 bits per heavy atom. The van der Waals surface area contributed by atoms with Crippen LogP contribution in [0.25, 0.3) is 0 Å². The Kier molecular flexibility index (Phi) is 5.45. The van der Waals surface area contributed by atoms with E-state index in [1.165, 1.54) is 19.2 Å². The number of sulfone groups is 1. The van der Waals surface area contributed by atoms with Gasteiger partial charge in [-0.3, -0.25) is 4.79 Å². The number of ether oxygens (including phenoxy) is 1. The Bertz CT molecular complexity index is 660. The first kappa shape index (κ1) is 17.1. The van der Waals surface area contributed by atoms with Crippen LogP contribution < -0.4 is 11.5 Å². The number of methoxy groups -OCH3 is 1. The van der Waals surface area contributed by atoms with Crippen LogP contribution in [0.4, 0.5) is 0 Å². The highest BCUT2D eigenvalue weighted by Crippen LogP contribution is 2.28. The second kappa shape index (κ2) is 6.68. The van der Waals surface area contributed by atoms with Crippen LogP contribution in [0.1, 0.15) is 35.4 Å². The van der Waals surface area contributed by atoms with E-state index in [1.807, 2.05) is 6.92 Å². The molecule has 1 aromatic rings. The number of hydrogen-bond donors (Lipinski definition) is 2. The van der Waals surface area contributed by atoms with Crippen LogP contribution in [0, 0.1) is 0 Å². The molecule has 0 bridgehead atoms. The molecule has 1 rings (SSSR count). The molecule has 1 amide bonds. The largest absolute Gasteiger partial charge is 0.377 e. The number of carbonyl (C=O) groups is 1. The first-order valence-electron chi connectivity index (χ1n) is 6.21. The minimum Gasteiger partial charge on any atom is -0.377 e. The third-order valence-electron chi connectivity index (χ3n) is 2.89. The molecule has 0 heterocycles. The first-order chi connectivity index (χ1) is 9.70. The fourth-order valence-corrected chi connectivity index (χ4v) is 2.92. The fraction of sp³-hybridized carbons (Fsp3) is 0.385. The molecule has 0 radical (unpaired) electrons. The number of aliphatic imine (C=N–C) groups is 1. The van der Waals surface area contributed by atoms with Crippen molar-refractivity contribution in [3.63, 3.8) is 0 Å². The topological polar surface area (TPSA) is 125 Å². The number of nitrogens with zero attached hydrogens (tertiary/aromatic N) is 1. The van der Waals surface area contributed by atoms with Gasteiger partial charge in [0.1, 0.15) is 0 Å². The normalized spacial score (nSPS) is 12.7. The Labute approximate surface area is 123 Å². The van der Waals surface area contributed by atoms with Gasteiger partial charge in [-0.15, -0.1) is 0 Å². The van der Waals surface area contributed by atoms with Crippen LogP contribution >= 0.6 is 0 Å². The minimum atomic E-state index is -3.53. The quantitative estimate of drug-likeness (QED) is 0.606. The second-order valence-corrected chi connectivity index (χ2v) is 6.48. The molecule has 21 heavy (non-hydrogen) atoms. The maximum atomic E-state index is 11.9. The van der Waals surface area contributed by atoms with Gasteiger partial charge in [-0.1, -0.05) is 13.0 Å². The van der Waals surface area contributed by atoms with Gasteiger partial charge >= 0.3 is 0 Å². The average molecular weight is 313 g/mol. The number of rotatable bonds is 5. The summed E-state index contributed by atoms with van der Waals surface area (Å²) in [6, 6.07) is 4.28. The Hall–Kier alpha value is -1.93. The van der Waals surface area contributed by atoms with E-state index in [-0.39, 0.29) is 22.5 Å². The average Bonchev–Trinajstić information content (AvgIpc) is 2.38. The standard InChI is InChI=1S/C13H19N3O4S/c1-4-10(20-2)9-6-5-8(12(17)16-13(14)15)7-11(9)21(3,18)19/h5-7,10H,4H2,1-3H3,(H4,14,15,16,17).